The Morgan fingerprint density at radius 3 is 2.43 bits per heavy atom. The predicted octanol–water partition coefficient (Wildman–Crippen LogP) is 2.47. The van der Waals surface area contributed by atoms with Gasteiger partial charge in [-0.25, -0.2) is 5.43 Å². The average Bonchev–Trinajstić information content (AvgIpc) is 2.55. The first-order chi connectivity index (χ1) is 10.2. The number of carbonyl (C=O) groups excluding carboxylic acids is 1. The van der Waals surface area contributed by atoms with Crippen molar-refractivity contribution in [3.05, 3.63) is 59.7 Å². The fourth-order valence-corrected chi connectivity index (χ4v) is 1.75. The molecule has 0 aliphatic rings. The molecule has 0 heterocycles. The van der Waals surface area contributed by atoms with Crippen LogP contribution in [0.4, 0.5) is 0 Å². The smallest absolute Gasteiger partial charge is 0.271 e. The van der Waals surface area contributed by atoms with E-state index in [1.807, 2.05) is 30.3 Å². The molecule has 21 heavy (non-hydrogen) atoms. The Labute approximate surface area is 123 Å². The minimum absolute atomic E-state index is 0.317. The van der Waals surface area contributed by atoms with Crippen LogP contribution in [0.1, 0.15) is 15.9 Å². The molecule has 1 N–H and O–H groups in total. The van der Waals surface area contributed by atoms with Crippen molar-refractivity contribution in [2.24, 2.45) is 5.10 Å². The van der Waals surface area contributed by atoms with E-state index in [0.717, 1.165) is 5.56 Å². The quantitative estimate of drug-likeness (QED) is 0.677. The maximum atomic E-state index is 12.0. The van der Waals surface area contributed by atoms with Crippen molar-refractivity contribution >= 4 is 12.1 Å². The molecule has 0 saturated heterocycles. The number of rotatable bonds is 5. The first kappa shape index (κ1) is 14.6. The summed E-state index contributed by atoms with van der Waals surface area (Å²) in [4.78, 5) is 12.0. The zero-order chi connectivity index (χ0) is 15.1. The maximum absolute atomic E-state index is 12.0. The minimum atomic E-state index is -0.317. The molecule has 0 aliphatic carbocycles. The summed E-state index contributed by atoms with van der Waals surface area (Å²) in [5, 5.41) is 3.92. The van der Waals surface area contributed by atoms with E-state index in [1.165, 1.54) is 7.11 Å². The Balaban J connectivity index is 2.05. The highest BCUT2D eigenvalue weighted by molar-refractivity contribution is 5.95. The molecule has 0 bridgehead atoms. The number of nitrogens with zero attached hydrogens (tertiary/aromatic N) is 1. The number of methoxy groups -OCH3 is 2. The lowest BCUT2D eigenvalue weighted by Crippen LogP contribution is -2.17. The second-order valence-electron chi connectivity index (χ2n) is 4.18. The van der Waals surface area contributed by atoms with E-state index >= 15 is 0 Å². The summed E-state index contributed by atoms with van der Waals surface area (Å²) in [5.41, 5.74) is 3.82. The summed E-state index contributed by atoms with van der Waals surface area (Å²) >= 11 is 0. The molecule has 108 valence electrons. The third-order valence-electron chi connectivity index (χ3n) is 2.83. The van der Waals surface area contributed by atoms with Gasteiger partial charge in [-0.1, -0.05) is 30.3 Å². The summed E-state index contributed by atoms with van der Waals surface area (Å²) in [7, 11) is 3.06. The molecule has 1 amide bonds. The van der Waals surface area contributed by atoms with Crippen molar-refractivity contribution in [3.63, 3.8) is 0 Å². The highest BCUT2D eigenvalue weighted by Gasteiger charge is 2.09. The van der Waals surface area contributed by atoms with Crippen molar-refractivity contribution in [3.8, 4) is 11.5 Å². The third-order valence-corrected chi connectivity index (χ3v) is 2.83. The standard InChI is InChI=1S/C16H16N2O3/c1-20-14-9-8-13(10-15(14)21-2)16(19)18-17-11-12-6-4-3-5-7-12/h3-11H,1-2H3,(H,18,19). The lowest BCUT2D eigenvalue weighted by atomic mass is 10.2. The molecule has 0 saturated carbocycles. The van der Waals surface area contributed by atoms with Gasteiger partial charge in [0.05, 0.1) is 20.4 Å². The van der Waals surface area contributed by atoms with Gasteiger partial charge in [0.2, 0.25) is 0 Å². The Bertz CT molecular complexity index is 639. The predicted molar refractivity (Wildman–Crippen MR) is 81.0 cm³/mol. The summed E-state index contributed by atoms with van der Waals surface area (Å²) in [5.74, 6) is 0.752. The first-order valence-electron chi connectivity index (χ1n) is 6.35. The number of amides is 1. The third kappa shape index (κ3) is 3.82. The molecule has 0 radical (unpaired) electrons. The number of benzene rings is 2. The second-order valence-corrected chi connectivity index (χ2v) is 4.18. The SMILES string of the molecule is COc1ccc(C(=O)NN=Cc2ccccc2)cc1OC. The lowest BCUT2D eigenvalue weighted by Gasteiger charge is -2.08. The number of hydrogen-bond donors (Lipinski definition) is 1. The van der Waals surface area contributed by atoms with Crippen LogP contribution in [0.15, 0.2) is 53.6 Å². The van der Waals surface area contributed by atoms with Crippen LogP contribution in [0.5, 0.6) is 11.5 Å². The molecule has 2 rings (SSSR count). The number of hydrazone groups is 1. The Morgan fingerprint density at radius 1 is 1.05 bits per heavy atom. The number of ether oxygens (including phenoxy) is 2. The molecular formula is C16H16N2O3. The van der Waals surface area contributed by atoms with Gasteiger partial charge in [-0.3, -0.25) is 4.79 Å². The van der Waals surface area contributed by atoms with E-state index in [-0.39, 0.29) is 5.91 Å². The normalized spacial score (nSPS) is 10.4. The molecule has 0 fully saturated rings. The molecule has 5 nitrogen and oxygen atoms in total. The summed E-state index contributed by atoms with van der Waals surface area (Å²) in [6, 6.07) is 14.4. The van der Waals surface area contributed by atoms with E-state index in [2.05, 4.69) is 10.5 Å². The van der Waals surface area contributed by atoms with Crippen molar-refractivity contribution in [1.29, 1.82) is 0 Å². The van der Waals surface area contributed by atoms with Crippen LogP contribution in [0.25, 0.3) is 0 Å². The molecule has 0 spiro atoms. The van der Waals surface area contributed by atoms with Crippen LogP contribution in [-0.4, -0.2) is 26.3 Å². The van der Waals surface area contributed by atoms with Crippen molar-refractivity contribution in [1.82, 2.24) is 5.43 Å². The van der Waals surface area contributed by atoms with Gasteiger partial charge >= 0.3 is 0 Å². The lowest BCUT2D eigenvalue weighted by molar-refractivity contribution is 0.0954. The van der Waals surface area contributed by atoms with Crippen LogP contribution in [0.3, 0.4) is 0 Å². The van der Waals surface area contributed by atoms with Gasteiger partial charge in [-0.2, -0.15) is 5.10 Å². The van der Waals surface area contributed by atoms with Gasteiger partial charge in [-0.05, 0) is 23.8 Å². The van der Waals surface area contributed by atoms with Crippen molar-refractivity contribution in [2.45, 2.75) is 0 Å². The zero-order valence-corrected chi connectivity index (χ0v) is 11.9. The molecule has 0 aromatic heterocycles. The Morgan fingerprint density at radius 2 is 1.76 bits per heavy atom. The van der Waals surface area contributed by atoms with Crippen LogP contribution in [0.2, 0.25) is 0 Å². The number of nitrogens with one attached hydrogen (secondary N) is 1. The average molecular weight is 284 g/mol. The minimum Gasteiger partial charge on any atom is -0.493 e. The molecule has 2 aromatic rings. The largest absolute Gasteiger partial charge is 0.493 e. The molecule has 0 aliphatic heterocycles. The second kappa shape index (κ2) is 7.09. The molecule has 0 unspecified atom stereocenters. The van der Waals surface area contributed by atoms with Crippen molar-refractivity contribution in [2.75, 3.05) is 14.2 Å². The number of hydrogen-bond acceptors (Lipinski definition) is 4. The van der Waals surface area contributed by atoms with Crippen LogP contribution >= 0.6 is 0 Å². The fourth-order valence-electron chi connectivity index (χ4n) is 1.75. The Kier molecular flexibility index (Phi) is 4.93. The van der Waals surface area contributed by atoms with Gasteiger partial charge in [-0.15, -0.1) is 0 Å². The summed E-state index contributed by atoms with van der Waals surface area (Å²) in [6.07, 6.45) is 1.58. The topological polar surface area (TPSA) is 59.9 Å². The van der Waals surface area contributed by atoms with Crippen LogP contribution in [-0.2, 0) is 0 Å². The number of carbonyl (C=O) groups is 1. The van der Waals surface area contributed by atoms with Crippen LogP contribution < -0.4 is 14.9 Å². The Hall–Kier alpha value is -2.82. The molecule has 0 atom stereocenters. The van der Waals surface area contributed by atoms with Gasteiger partial charge in [0.25, 0.3) is 5.91 Å². The van der Waals surface area contributed by atoms with Gasteiger partial charge < -0.3 is 9.47 Å². The molecular weight excluding hydrogens is 268 g/mol. The summed E-state index contributed by atoms with van der Waals surface area (Å²) in [6.45, 7) is 0. The van der Waals surface area contributed by atoms with E-state index in [1.54, 1.807) is 31.5 Å². The first-order valence-corrected chi connectivity index (χ1v) is 6.35. The molecule has 5 heteroatoms. The fraction of sp³-hybridized carbons (Fsp3) is 0.125. The molecule has 2 aromatic carbocycles. The van der Waals surface area contributed by atoms with Gasteiger partial charge in [0.15, 0.2) is 11.5 Å². The van der Waals surface area contributed by atoms with Gasteiger partial charge in [0.1, 0.15) is 0 Å². The summed E-state index contributed by atoms with van der Waals surface area (Å²) < 4.78 is 10.3. The maximum Gasteiger partial charge on any atom is 0.271 e. The monoisotopic (exact) mass is 284 g/mol. The zero-order valence-electron chi connectivity index (χ0n) is 11.9. The van der Waals surface area contributed by atoms with E-state index in [9.17, 15) is 4.79 Å². The van der Waals surface area contributed by atoms with E-state index in [4.69, 9.17) is 9.47 Å². The van der Waals surface area contributed by atoms with Crippen LogP contribution in [0, 0.1) is 0 Å². The van der Waals surface area contributed by atoms with Crippen molar-refractivity contribution < 1.29 is 14.3 Å². The highest BCUT2D eigenvalue weighted by Crippen LogP contribution is 2.27. The van der Waals surface area contributed by atoms with E-state index < -0.39 is 0 Å². The van der Waals surface area contributed by atoms with Gasteiger partial charge in [0, 0.05) is 5.56 Å². The van der Waals surface area contributed by atoms with E-state index in [0.29, 0.717) is 17.1 Å². The highest BCUT2D eigenvalue weighted by atomic mass is 16.5.